The van der Waals surface area contributed by atoms with E-state index in [1.807, 2.05) is 56.3 Å². The SMILES string of the molecule is CCOc1cc(/C=C2\N=C(c3ccc(C(C)C)cc3)OC2=O)cc(Cl)c1OCc1cccc(C)c1. The lowest BCUT2D eigenvalue weighted by Crippen LogP contribution is -2.05. The van der Waals surface area contributed by atoms with Gasteiger partial charge in [0.25, 0.3) is 0 Å². The van der Waals surface area contributed by atoms with Crippen LogP contribution in [0.4, 0.5) is 0 Å². The molecule has 0 aromatic heterocycles. The number of hydrogen-bond acceptors (Lipinski definition) is 5. The lowest BCUT2D eigenvalue weighted by Gasteiger charge is -2.15. The molecule has 0 amide bonds. The zero-order chi connectivity index (χ0) is 24.9. The second-order valence-corrected chi connectivity index (χ2v) is 9.06. The van der Waals surface area contributed by atoms with E-state index in [1.54, 1.807) is 18.2 Å². The summed E-state index contributed by atoms with van der Waals surface area (Å²) in [4.78, 5) is 16.9. The third-order valence-corrected chi connectivity index (χ3v) is 5.83. The first-order chi connectivity index (χ1) is 16.8. The zero-order valence-corrected chi connectivity index (χ0v) is 21.1. The maximum Gasteiger partial charge on any atom is 0.363 e. The second-order valence-electron chi connectivity index (χ2n) is 8.65. The molecule has 0 fully saturated rings. The topological polar surface area (TPSA) is 57.1 Å². The smallest absolute Gasteiger partial charge is 0.363 e. The van der Waals surface area contributed by atoms with E-state index in [9.17, 15) is 4.79 Å². The average Bonchev–Trinajstić information content (AvgIpc) is 3.19. The minimum atomic E-state index is -0.512. The van der Waals surface area contributed by atoms with Gasteiger partial charge in [0.05, 0.1) is 11.6 Å². The van der Waals surface area contributed by atoms with Gasteiger partial charge in [-0.05, 0) is 66.8 Å². The molecule has 0 saturated carbocycles. The number of rotatable bonds is 8. The Kier molecular flexibility index (Phi) is 7.57. The molecule has 180 valence electrons. The first kappa shape index (κ1) is 24.6. The summed E-state index contributed by atoms with van der Waals surface area (Å²) in [6.07, 6.45) is 1.64. The van der Waals surface area contributed by atoms with Crippen LogP contribution in [0.2, 0.25) is 5.02 Å². The number of aryl methyl sites for hydroxylation is 1. The molecular formula is C29H28ClNO4. The molecule has 4 rings (SSSR count). The molecule has 6 heteroatoms. The van der Waals surface area contributed by atoms with E-state index in [2.05, 4.69) is 24.9 Å². The minimum absolute atomic E-state index is 0.194. The van der Waals surface area contributed by atoms with E-state index >= 15 is 0 Å². The van der Waals surface area contributed by atoms with Crippen molar-refractivity contribution in [3.05, 3.63) is 99.2 Å². The number of halogens is 1. The zero-order valence-electron chi connectivity index (χ0n) is 20.3. The summed E-state index contributed by atoms with van der Waals surface area (Å²) in [5.74, 6) is 1.15. The van der Waals surface area contributed by atoms with Crippen molar-refractivity contribution < 1.29 is 19.0 Å². The van der Waals surface area contributed by atoms with Crippen molar-refractivity contribution in [3.8, 4) is 11.5 Å². The molecule has 1 heterocycles. The number of carbonyl (C=O) groups is 1. The number of esters is 1. The van der Waals surface area contributed by atoms with Crippen molar-refractivity contribution in [2.75, 3.05) is 6.61 Å². The number of cyclic esters (lactones) is 1. The number of carbonyl (C=O) groups excluding carboxylic acids is 1. The summed E-state index contributed by atoms with van der Waals surface area (Å²) in [5.41, 5.74) is 5.00. The Morgan fingerprint density at radius 2 is 1.83 bits per heavy atom. The molecular weight excluding hydrogens is 462 g/mol. The van der Waals surface area contributed by atoms with Gasteiger partial charge < -0.3 is 14.2 Å². The van der Waals surface area contributed by atoms with E-state index in [1.165, 1.54) is 5.56 Å². The van der Waals surface area contributed by atoms with Crippen LogP contribution in [-0.2, 0) is 16.1 Å². The molecule has 3 aromatic rings. The molecule has 1 aliphatic heterocycles. The normalized spacial score (nSPS) is 14.3. The maximum absolute atomic E-state index is 12.5. The third-order valence-electron chi connectivity index (χ3n) is 5.55. The molecule has 0 bridgehead atoms. The molecule has 1 aliphatic rings. The van der Waals surface area contributed by atoms with Gasteiger partial charge in [0.2, 0.25) is 5.90 Å². The van der Waals surface area contributed by atoms with Crippen LogP contribution in [-0.4, -0.2) is 18.5 Å². The standard InChI is InChI=1S/C29H28ClNO4/c1-5-33-26-16-21(14-24(30)27(26)34-17-20-8-6-7-19(4)13-20)15-25-29(32)35-28(31-25)23-11-9-22(10-12-23)18(2)3/h6-16,18H,5,17H2,1-4H3/b25-15-. The van der Waals surface area contributed by atoms with Gasteiger partial charge >= 0.3 is 5.97 Å². The predicted molar refractivity (Wildman–Crippen MR) is 139 cm³/mol. The summed E-state index contributed by atoms with van der Waals surface area (Å²) in [7, 11) is 0. The highest BCUT2D eigenvalue weighted by molar-refractivity contribution is 6.32. The van der Waals surface area contributed by atoms with Crippen molar-refractivity contribution >= 4 is 29.5 Å². The Balaban J connectivity index is 1.59. The number of ether oxygens (including phenoxy) is 3. The van der Waals surface area contributed by atoms with Gasteiger partial charge in [-0.25, -0.2) is 9.79 Å². The Morgan fingerprint density at radius 1 is 1.06 bits per heavy atom. The molecule has 0 aliphatic carbocycles. The third kappa shape index (κ3) is 5.92. The monoisotopic (exact) mass is 489 g/mol. The lowest BCUT2D eigenvalue weighted by atomic mass is 10.0. The maximum atomic E-state index is 12.5. The first-order valence-corrected chi connectivity index (χ1v) is 12.0. The van der Waals surface area contributed by atoms with Crippen LogP contribution >= 0.6 is 11.6 Å². The molecule has 0 N–H and O–H groups in total. The van der Waals surface area contributed by atoms with Crippen molar-refractivity contribution in [2.45, 2.75) is 40.2 Å². The number of hydrogen-bond donors (Lipinski definition) is 0. The van der Waals surface area contributed by atoms with Crippen LogP contribution in [0.15, 0.2) is 71.4 Å². The number of aliphatic imine (C=N–C) groups is 1. The average molecular weight is 490 g/mol. The number of benzene rings is 3. The highest BCUT2D eigenvalue weighted by atomic mass is 35.5. The van der Waals surface area contributed by atoms with Crippen LogP contribution in [0.1, 0.15) is 54.5 Å². The Hall–Kier alpha value is -3.57. The molecule has 0 spiro atoms. The fourth-order valence-corrected chi connectivity index (χ4v) is 4.01. The van der Waals surface area contributed by atoms with Crippen LogP contribution in [0, 0.1) is 6.92 Å². The van der Waals surface area contributed by atoms with E-state index in [0.717, 1.165) is 16.7 Å². The fourth-order valence-electron chi connectivity index (χ4n) is 3.73. The molecule has 0 radical (unpaired) electrons. The largest absolute Gasteiger partial charge is 0.490 e. The van der Waals surface area contributed by atoms with Gasteiger partial charge in [0.1, 0.15) is 6.61 Å². The molecule has 35 heavy (non-hydrogen) atoms. The number of nitrogens with zero attached hydrogens (tertiary/aromatic N) is 1. The van der Waals surface area contributed by atoms with Crippen molar-refractivity contribution in [3.63, 3.8) is 0 Å². The van der Waals surface area contributed by atoms with Gasteiger partial charge in [-0.3, -0.25) is 0 Å². The first-order valence-electron chi connectivity index (χ1n) is 11.6. The van der Waals surface area contributed by atoms with Gasteiger partial charge in [-0.15, -0.1) is 0 Å². The van der Waals surface area contributed by atoms with Crippen molar-refractivity contribution in [2.24, 2.45) is 4.99 Å². The van der Waals surface area contributed by atoms with Crippen LogP contribution in [0.5, 0.6) is 11.5 Å². The highest BCUT2D eigenvalue weighted by Gasteiger charge is 2.24. The highest BCUT2D eigenvalue weighted by Crippen LogP contribution is 2.38. The van der Waals surface area contributed by atoms with E-state index in [4.69, 9.17) is 25.8 Å². The van der Waals surface area contributed by atoms with Gasteiger partial charge in [-0.2, -0.15) is 0 Å². The van der Waals surface area contributed by atoms with E-state index < -0.39 is 5.97 Å². The molecule has 3 aromatic carbocycles. The lowest BCUT2D eigenvalue weighted by molar-refractivity contribution is -0.129. The van der Waals surface area contributed by atoms with Gasteiger partial charge in [0, 0.05) is 5.56 Å². The van der Waals surface area contributed by atoms with Crippen LogP contribution in [0.3, 0.4) is 0 Å². The van der Waals surface area contributed by atoms with Crippen LogP contribution in [0.25, 0.3) is 6.08 Å². The summed E-state index contributed by atoms with van der Waals surface area (Å²) in [5, 5.41) is 0.385. The molecule has 0 unspecified atom stereocenters. The van der Waals surface area contributed by atoms with Crippen LogP contribution < -0.4 is 9.47 Å². The predicted octanol–water partition coefficient (Wildman–Crippen LogP) is 7.09. The molecule has 5 nitrogen and oxygen atoms in total. The summed E-state index contributed by atoms with van der Waals surface area (Å²) >= 11 is 6.57. The molecule has 0 atom stereocenters. The second kappa shape index (κ2) is 10.8. The minimum Gasteiger partial charge on any atom is -0.490 e. The quantitative estimate of drug-likeness (QED) is 0.250. The Bertz CT molecular complexity index is 1290. The van der Waals surface area contributed by atoms with Crippen molar-refractivity contribution in [1.29, 1.82) is 0 Å². The van der Waals surface area contributed by atoms with Gasteiger partial charge in [0.15, 0.2) is 17.2 Å². The van der Waals surface area contributed by atoms with Crippen molar-refractivity contribution in [1.82, 2.24) is 0 Å². The summed E-state index contributed by atoms with van der Waals surface area (Å²) < 4.78 is 17.2. The summed E-state index contributed by atoms with van der Waals surface area (Å²) in [6, 6.07) is 19.4. The van der Waals surface area contributed by atoms with Gasteiger partial charge in [-0.1, -0.05) is 67.4 Å². The Morgan fingerprint density at radius 3 is 2.51 bits per heavy atom. The van der Waals surface area contributed by atoms with E-state index in [-0.39, 0.29) is 11.6 Å². The molecule has 0 saturated heterocycles. The summed E-state index contributed by atoms with van der Waals surface area (Å²) in [6.45, 7) is 8.98. The van der Waals surface area contributed by atoms with E-state index in [0.29, 0.717) is 41.2 Å². The fraction of sp³-hybridized carbons (Fsp3) is 0.241. The Labute approximate surface area is 211 Å².